The van der Waals surface area contributed by atoms with Crippen LogP contribution in [0.2, 0.25) is 0 Å². The Morgan fingerprint density at radius 3 is 2.58 bits per heavy atom. The number of hydrogen-bond donors (Lipinski definition) is 0. The van der Waals surface area contributed by atoms with Crippen LogP contribution in [0.3, 0.4) is 0 Å². The molecule has 1 aromatic heterocycles. The van der Waals surface area contributed by atoms with Gasteiger partial charge in [-0.1, -0.05) is 13.8 Å². The van der Waals surface area contributed by atoms with Crippen molar-refractivity contribution in [2.45, 2.75) is 20.8 Å². The quantitative estimate of drug-likeness (QED) is 0.632. The van der Waals surface area contributed by atoms with Gasteiger partial charge in [0.05, 0.1) is 6.26 Å². The molecule has 12 heavy (non-hydrogen) atoms. The zero-order chi connectivity index (χ0) is 9.40. The lowest BCUT2D eigenvalue weighted by Gasteiger charge is -1.79. The highest BCUT2D eigenvalue weighted by Gasteiger charge is 1.87. The van der Waals surface area contributed by atoms with Crippen LogP contribution in [0.4, 0.5) is 0 Å². The summed E-state index contributed by atoms with van der Waals surface area (Å²) >= 11 is 0. The van der Waals surface area contributed by atoms with E-state index in [4.69, 9.17) is 4.42 Å². The average Bonchev–Trinajstić information content (AvgIpc) is 2.56. The lowest BCUT2D eigenvalue weighted by atomic mass is 10.3. The summed E-state index contributed by atoms with van der Waals surface area (Å²) in [4.78, 5) is 10.4. The molecular formula is C10H14O2. The minimum absolute atomic E-state index is 0.0244. The predicted octanol–water partition coefficient (Wildman–Crippen LogP) is 2.91. The molecule has 0 aromatic carbocycles. The van der Waals surface area contributed by atoms with Gasteiger partial charge in [0, 0.05) is 0 Å². The monoisotopic (exact) mass is 166 g/mol. The first-order chi connectivity index (χ1) is 5.79. The number of ketones is 1. The molecule has 0 unspecified atom stereocenters. The molecule has 0 atom stereocenters. The van der Waals surface area contributed by atoms with E-state index in [1.807, 2.05) is 13.8 Å². The van der Waals surface area contributed by atoms with E-state index >= 15 is 0 Å². The normalized spacial score (nSPS) is 9.25. The van der Waals surface area contributed by atoms with E-state index in [9.17, 15) is 4.79 Å². The highest BCUT2D eigenvalue weighted by Crippen LogP contribution is 2.01. The molecule has 66 valence electrons. The zero-order valence-electron chi connectivity index (χ0n) is 7.70. The summed E-state index contributed by atoms with van der Waals surface area (Å²) in [5.41, 5.74) is 0. The predicted molar refractivity (Wildman–Crippen MR) is 49.8 cm³/mol. The molecule has 0 aliphatic heterocycles. The van der Waals surface area contributed by atoms with Crippen molar-refractivity contribution in [2.75, 3.05) is 0 Å². The van der Waals surface area contributed by atoms with Gasteiger partial charge in [-0.15, -0.1) is 0 Å². The molecule has 0 fully saturated rings. The molecule has 0 amide bonds. The number of carbonyl (C=O) groups excluding carboxylic acids is 1. The molecule has 0 saturated carbocycles. The highest BCUT2D eigenvalue weighted by atomic mass is 16.3. The van der Waals surface area contributed by atoms with Crippen molar-refractivity contribution in [3.8, 4) is 0 Å². The van der Waals surface area contributed by atoms with Gasteiger partial charge < -0.3 is 4.42 Å². The lowest BCUT2D eigenvalue weighted by Crippen LogP contribution is -1.77. The Balaban J connectivity index is 0.000000561. The molecule has 1 rings (SSSR count). The van der Waals surface area contributed by atoms with Crippen molar-refractivity contribution < 1.29 is 9.21 Å². The van der Waals surface area contributed by atoms with Gasteiger partial charge in [0.15, 0.2) is 5.78 Å². The molecular weight excluding hydrogens is 152 g/mol. The van der Waals surface area contributed by atoms with E-state index in [0.29, 0.717) is 5.76 Å². The Bertz CT molecular complexity index is 232. The largest absolute Gasteiger partial charge is 0.465 e. The van der Waals surface area contributed by atoms with E-state index in [1.165, 1.54) is 13.0 Å². The second-order valence-electron chi connectivity index (χ2n) is 1.96. The van der Waals surface area contributed by atoms with Crippen molar-refractivity contribution in [3.05, 3.63) is 30.2 Å². The van der Waals surface area contributed by atoms with E-state index in [2.05, 4.69) is 0 Å². The lowest BCUT2D eigenvalue weighted by molar-refractivity contribution is -0.112. The molecule has 0 N–H and O–H groups in total. The first kappa shape index (κ1) is 10.7. The Morgan fingerprint density at radius 1 is 1.50 bits per heavy atom. The summed E-state index contributed by atoms with van der Waals surface area (Å²) in [6, 6.07) is 3.57. The van der Waals surface area contributed by atoms with Crippen LogP contribution in [0.5, 0.6) is 0 Å². The summed E-state index contributed by atoms with van der Waals surface area (Å²) in [6.45, 7) is 5.50. The maximum Gasteiger partial charge on any atom is 0.152 e. The molecule has 0 aliphatic carbocycles. The SMILES string of the molecule is CC.CC(=O)/C=C/c1ccco1. The van der Waals surface area contributed by atoms with Gasteiger partial charge in [0.2, 0.25) is 0 Å². The third-order valence-electron chi connectivity index (χ3n) is 1.03. The van der Waals surface area contributed by atoms with Crippen LogP contribution in [0.25, 0.3) is 6.08 Å². The fourth-order valence-electron chi connectivity index (χ4n) is 0.586. The number of furan rings is 1. The maximum absolute atomic E-state index is 10.4. The van der Waals surface area contributed by atoms with Gasteiger partial charge in [-0.3, -0.25) is 4.79 Å². The Morgan fingerprint density at radius 2 is 2.17 bits per heavy atom. The third kappa shape index (κ3) is 4.50. The second kappa shape index (κ2) is 6.40. The second-order valence-corrected chi connectivity index (χ2v) is 1.96. The smallest absolute Gasteiger partial charge is 0.152 e. The first-order valence-corrected chi connectivity index (χ1v) is 4.01. The first-order valence-electron chi connectivity index (χ1n) is 4.01. The van der Waals surface area contributed by atoms with Gasteiger partial charge in [-0.05, 0) is 31.2 Å². The van der Waals surface area contributed by atoms with E-state index in [0.717, 1.165) is 0 Å². The fourth-order valence-corrected chi connectivity index (χ4v) is 0.586. The van der Waals surface area contributed by atoms with Gasteiger partial charge in [-0.25, -0.2) is 0 Å². The fraction of sp³-hybridized carbons (Fsp3) is 0.300. The van der Waals surface area contributed by atoms with Crippen molar-refractivity contribution in [1.82, 2.24) is 0 Å². The summed E-state index contributed by atoms with van der Waals surface area (Å²) < 4.78 is 4.94. The minimum Gasteiger partial charge on any atom is -0.465 e. The Kier molecular flexibility index (Phi) is 5.70. The molecule has 2 nitrogen and oxygen atoms in total. The molecule has 1 heterocycles. The summed E-state index contributed by atoms with van der Waals surface area (Å²) in [7, 11) is 0. The average molecular weight is 166 g/mol. The van der Waals surface area contributed by atoms with Crippen LogP contribution in [0, 0.1) is 0 Å². The number of allylic oxidation sites excluding steroid dienone is 1. The summed E-state index contributed by atoms with van der Waals surface area (Å²) in [5, 5.41) is 0. The van der Waals surface area contributed by atoms with Gasteiger partial charge in [0.25, 0.3) is 0 Å². The molecule has 0 saturated heterocycles. The maximum atomic E-state index is 10.4. The van der Waals surface area contributed by atoms with Gasteiger partial charge >= 0.3 is 0 Å². The van der Waals surface area contributed by atoms with Crippen LogP contribution in [0.15, 0.2) is 28.9 Å². The van der Waals surface area contributed by atoms with Crippen molar-refractivity contribution in [2.24, 2.45) is 0 Å². The van der Waals surface area contributed by atoms with Crippen molar-refractivity contribution in [3.63, 3.8) is 0 Å². The Hall–Kier alpha value is -1.31. The molecule has 0 aliphatic rings. The van der Waals surface area contributed by atoms with E-state index in [-0.39, 0.29) is 5.78 Å². The molecule has 2 heteroatoms. The van der Waals surface area contributed by atoms with Gasteiger partial charge in [-0.2, -0.15) is 0 Å². The molecule has 1 aromatic rings. The third-order valence-corrected chi connectivity index (χ3v) is 1.03. The van der Waals surface area contributed by atoms with Crippen LogP contribution >= 0.6 is 0 Å². The van der Waals surface area contributed by atoms with Gasteiger partial charge in [0.1, 0.15) is 5.76 Å². The minimum atomic E-state index is 0.0244. The van der Waals surface area contributed by atoms with Crippen LogP contribution in [-0.4, -0.2) is 5.78 Å². The van der Waals surface area contributed by atoms with Crippen LogP contribution in [0.1, 0.15) is 26.5 Å². The van der Waals surface area contributed by atoms with Crippen molar-refractivity contribution in [1.29, 1.82) is 0 Å². The Labute approximate surface area is 72.9 Å². The highest BCUT2D eigenvalue weighted by molar-refractivity contribution is 5.91. The van der Waals surface area contributed by atoms with Crippen LogP contribution in [-0.2, 0) is 4.79 Å². The summed E-state index contributed by atoms with van der Waals surface area (Å²) in [5.74, 6) is 0.728. The van der Waals surface area contributed by atoms with Crippen molar-refractivity contribution >= 4 is 11.9 Å². The molecule has 0 radical (unpaired) electrons. The summed E-state index contributed by atoms with van der Waals surface area (Å²) in [6.07, 6.45) is 4.68. The van der Waals surface area contributed by atoms with E-state index < -0.39 is 0 Å². The number of hydrogen-bond acceptors (Lipinski definition) is 2. The zero-order valence-corrected chi connectivity index (χ0v) is 7.70. The molecule has 0 spiro atoms. The number of carbonyl (C=O) groups is 1. The standard InChI is InChI=1S/C8H8O2.C2H6/c1-7(9)4-5-8-3-2-6-10-8;1-2/h2-6H,1H3;1-2H3/b5-4+;. The number of rotatable bonds is 2. The van der Waals surface area contributed by atoms with Crippen LogP contribution < -0.4 is 0 Å². The van der Waals surface area contributed by atoms with E-state index in [1.54, 1.807) is 24.5 Å². The topological polar surface area (TPSA) is 30.2 Å². The molecule has 0 bridgehead atoms.